The summed E-state index contributed by atoms with van der Waals surface area (Å²) in [7, 11) is -13.5. The zero-order chi connectivity index (χ0) is 46.8. The van der Waals surface area contributed by atoms with E-state index in [1.165, 1.54) is 38.5 Å². The molecule has 9 nitrogen and oxygen atoms in total. The summed E-state index contributed by atoms with van der Waals surface area (Å²) in [5.41, 5.74) is -2.00. The van der Waals surface area contributed by atoms with E-state index in [2.05, 4.69) is 41.5 Å². The molecule has 0 aromatic carbocycles. The Morgan fingerprint density at radius 2 is 0.500 bits per heavy atom. The van der Waals surface area contributed by atoms with Gasteiger partial charge < -0.3 is 43.1 Å². The Bertz CT molecular complexity index is 971. The molecule has 0 aliphatic heterocycles. The van der Waals surface area contributed by atoms with Crippen molar-refractivity contribution < 1.29 is 125 Å². The van der Waals surface area contributed by atoms with Gasteiger partial charge in [0.1, 0.15) is 0 Å². The molecule has 0 aliphatic rings. The van der Waals surface area contributed by atoms with Crippen LogP contribution < -0.4 is 29.4 Å². The molecule has 0 N–H and O–H groups in total. The summed E-state index contributed by atoms with van der Waals surface area (Å²) in [6.45, 7) is 24.7. The van der Waals surface area contributed by atoms with Crippen molar-refractivity contribution in [1.82, 2.24) is 0 Å². The molecule has 14 heteroatoms. The van der Waals surface area contributed by atoms with Crippen molar-refractivity contribution in [2.45, 2.75) is 273 Å². The van der Waals surface area contributed by atoms with Crippen LogP contribution in [0.2, 0.25) is 0 Å². The fourth-order valence-corrected chi connectivity index (χ4v) is 14.5. The molecule has 0 aliphatic carbocycles. The molecule has 368 valence electrons. The Kier molecular flexibility index (Phi) is 54.1. The predicted molar refractivity (Wildman–Crippen MR) is 248 cm³/mol. The van der Waals surface area contributed by atoms with Crippen molar-refractivity contribution in [3.8, 4) is 0 Å². The third kappa shape index (κ3) is 37.0. The van der Waals surface area contributed by atoms with Gasteiger partial charge in [-0.25, -0.2) is 0 Å². The van der Waals surface area contributed by atoms with E-state index in [1.807, 2.05) is 41.5 Å². The standard InChI is InChI=1S/3C16H35O3P.2Nd/c3*1-5-8-10-11-12-14(4)16(20(17,18)19)15(7-3)13-9-6-2;;/h3*14-16H,5-13H2,1-4H3,(H2,17,18,19);;/q;;;2*+3/p-6. The summed E-state index contributed by atoms with van der Waals surface area (Å²) in [6, 6.07) is 0. The number of hydrogen-bond acceptors (Lipinski definition) is 9. The van der Waals surface area contributed by atoms with Gasteiger partial charge in [0.25, 0.3) is 0 Å². The van der Waals surface area contributed by atoms with Crippen molar-refractivity contribution in [3.05, 3.63) is 0 Å². The largest absolute Gasteiger partial charge is 3.00 e. The molecule has 0 aromatic rings. The first-order chi connectivity index (χ1) is 28.1. The van der Waals surface area contributed by atoms with Gasteiger partial charge in [-0.3, -0.25) is 0 Å². The molecule has 0 spiro atoms. The predicted octanol–water partition coefficient (Wildman–Crippen LogP) is 12.3. The van der Waals surface area contributed by atoms with Gasteiger partial charge >= 0.3 is 81.7 Å². The van der Waals surface area contributed by atoms with E-state index >= 15 is 0 Å². The number of rotatable bonds is 36. The summed E-state index contributed by atoms with van der Waals surface area (Å²) < 4.78 is 35.1. The number of unbranched alkanes of at least 4 members (excludes halogenated alkanes) is 12. The van der Waals surface area contributed by atoms with Crippen LogP contribution in [0.4, 0.5) is 0 Å². The van der Waals surface area contributed by atoms with Gasteiger partial charge in [0.05, 0.1) is 0 Å². The third-order valence-electron chi connectivity index (χ3n) is 13.2. The Balaban J connectivity index is -0.000000258. The summed E-state index contributed by atoms with van der Waals surface area (Å²) in [5, 5.41) is 0. The topological polar surface area (TPSA) is 190 Å². The van der Waals surface area contributed by atoms with Crippen LogP contribution in [-0.4, -0.2) is 17.0 Å². The van der Waals surface area contributed by atoms with Crippen LogP contribution in [0.3, 0.4) is 0 Å². The van der Waals surface area contributed by atoms with Crippen LogP contribution in [0.5, 0.6) is 0 Å². The molecule has 9 atom stereocenters. The van der Waals surface area contributed by atoms with Crippen LogP contribution in [0.1, 0.15) is 256 Å². The zero-order valence-corrected chi connectivity index (χ0v) is 51.4. The first-order valence-corrected chi connectivity index (χ1v) is 30.0. The first-order valence-electron chi connectivity index (χ1n) is 25.2. The van der Waals surface area contributed by atoms with E-state index in [0.29, 0.717) is 0 Å². The molecule has 0 amide bonds. The monoisotopic (exact) mass is 1200 g/mol. The van der Waals surface area contributed by atoms with Crippen LogP contribution in [0, 0.1) is 117 Å². The minimum absolute atomic E-state index is 0. The van der Waals surface area contributed by atoms with Crippen molar-refractivity contribution >= 4 is 22.8 Å². The summed E-state index contributed by atoms with van der Waals surface area (Å²) in [6.07, 6.45) is 27.4. The Hall–Kier alpha value is 3.15. The Labute approximate surface area is 451 Å². The Morgan fingerprint density at radius 1 is 0.306 bits per heavy atom. The van der Waals surface area contributed by atoms with E-state index in [0.717, 1.165) is 135 Å². The molecule has 0 heterocycles. The maximum atomic E-state index is 11.7. The molecule has 2 radical (unpaired) electrons. The van der Waals surface area contributed by atoms with Crippen molar-refractivity contribution in [2.24, 2.45) is 35.5 Å². The molecule has 9 unspecified atom stereocenters. The summed E-state index contributed by atoms with van der Waals surface area (Å²) in [4.78, 5) is 70.2. The first kappa shape index (κ1) is 74.1. The van der Waals surface area contributed by atoms with Crippen molar-refractivity contribution in [2.75, 3.05) is 0 Å². The Morgan fingerprint density at radius 3 is 0.645 bits per heavy atom. The van der Waals surface area contributed by atoms with Gasteiger partial charge in [-0.1, -0.05) is 260 Å². The molecule has 0 bridgehead atoms. The average molecular weight is 1200 g/mol. The molecular weight excluding hydrogens is 1100 g/mol. The normalized spacial score (nSPS) is 16.4. The van der Waals surface area contributed by atoms with Crippen LogP contribution in [0.15, 0.2) is 0 Å². The minimum atomic E-state index is -4.50. The van der Waals surface area contributed by atoms with E-state index < -0.39 is 39.8 Å². The summed E-state index contributed by atoms with van der Waals surface area (Å²) in [5.74, 6) is 0.101. The third-order valence-corrected chi connectivity index (χ3v) is 18.2. The van der Waals surface area contributed by atoms with Gasteiger partial charge in [-0.2, -0.15) is 0 Å². The van der Waals surface area contributed by atoms with Gasteiger partial charge in [0.15, 0.2) is 0 Å². The van der Waals surface area contributed by atoms with Crippen molar-refractivity contribution in [1.29, 1.82) is 0 Å². The molecule has 0 saturated carbocycles. The molecule has 0 saturated heterocycles. The second-order valence-corrected chi connectivity index (χ2v) is 23.5. The zero-order valence-electron chi connectivity index (χ0n) is 42.3. The number of hydrogen-bond donors (Lipinski definition) is 0. The molecule has 0 aromatic heterocycles. The van der Waals surface area contributed by atoms with Gasteiger partial charge in [0, 0.05) is 0 Å². The molecular formula is C48H99Nd2O9P3. The van der Waals surface area contributed by atoms with E-state index in [-0.39, 0.29) is 117 Å². The van der Waals surface area contributed by atoms with Crippen molar-refractivity contribution in [3.63, 3.8) is 0 Å². The second kappa shape index (κ2) is 45.3. The SMILES string of the molecule is CCCCCCC(C)C(C(CC)CCCC)P(=O)([O-])[O-].CCCCCCC(C)C(C(CC)CCCC)P(=O)([O-])[O-].CCCCCCC(C)C(C(CC)CCCC)P(=O)([O-])[O-].[Nd+3].[Nd+3]. The van der Waals surface area contributed by atoms with Crippen LogP contribution in [0.25, 0.3) is 0 Å². The quantitative estimate of drug-likeness (QED) is 0.0434. The molecule has 62 heavy (non-hydrogen) atoms. The molecule has 0 rings (SSSR count). The second-order valence-electron chi connectivity index (χ2n) is 18.5. The van der Waals surface area contributed by atoms with Gasteiger partial charge in [-0.15, -0.1) is 0 Å². The van der Waals surface area contributed by atoms with Crippen LogP contribution >= 0.6 is 22.8 Å². The van der Waals surface area contributed by atoms with E-state index in [9.17, 15) is 43.1 Å². The van der Waals surface area contributed by atoms with Gasteiger partial charge in [-0.05, 0) is 71.7 Å². The molecule has 0 fully saturated rings. The van der Waals surface area contributed by atoms with Gasteiger partial charge in [0.2, 0.25) is 0 Å². The fraction of sp³-hybridized carbons (Fsp3) is 1.00. The average Bonchev–Trinajstić information content (AvgIpc) is 3.17. The maximum absolute atomic E-state index is 11.7. The smallest absolute Gasteiger partial charge is 0.811 e. The fourth-order valence-electron chi connectivity index (χ4n) is 9.54. The van der Waals surface area contributed by atoms with E-state index in [1.54, 1.807) is 0 Å². The minimum Gasteiger partial charge on any atom is -0.811 e. The van der Waals surface area contributed by atoms with E-state index in [4.69, 9.17) is 0 Å². The van der Waals surface area contributed by atoms with Crippen LogP contribution in [-0.2, 0) is 13.7 Å². The maximum Gasteiger partial charge on any atom is 3.00 e. The summed E-state index contributed by atoms with van der Waals surface area (Å²) >= 11 is 0.